The number of ether oxygens (including phenoxy) is 3. The van der Waals surface area contributed by atoms with Gasteiger partial charge in [0.1, 0.15) is 17.7 Å². The normalized spacial score (nSPS) is 27.5. The van der Waals surface area contributed by atoms with E-state index in [1.807, 2.05) is 49.1 Å². The van der Waals surface area contributed by atoms with Crippen molar-refractivity contribution in [2.75, 3.05) is 26.9 Å². The number of hydrogen-bond acceptors (Lipinski definition) is 8. The molecular weight excluding hydrogens is 650 g/mol. The molecule has 51 heavy (non-hydrogen) atoms. The average Bonchev–Trinajstić information content (AvgIpc) is 3.78. The van der Waals surface area contributed by atoms with Crippen molar-refractivity contribution in [1.29, 1.82) is 0 Å². The van der Waals surface area contributed by atoms with E-state index >= 15 is 0 Å². The summed E-state index contributed by atoms with van der Waals surface area (Å²) in [5.41, 5.74) is -0.582. The highest BCUT2D eigenvalue weighted by molar-refractivity contribution is 5.98. The lowest BCUT2D eigenvalue weighted by atomic mass is 9.70. The molecule has 280 valence electrons. The first-order valence-electron chi connectivity index (χ1n) is 18.8. The summed E-state index contributed by atoms with van der Waals surface area (Å²) in [5, 5.41) is 13.7. The third kappa shape index (κ3) is 7.95. The van der Waals surface area contributed by atoms with Gasteiger partial charge in [0.25, 0.3) is 0 Å². The highest BCUT2D eigenvalue weighted by Gasteiger charge is 2.76. The summed E-state index contributed by atoms with van der Waals surface area (Å²) in [6, 6.07) is 6.83. The van der Waals surface area contributed by atoms with E-state index in [1.54, 1.807) is 17.1 Å². The number of benzene rings is 1. The van der Waals surface area contributed by atoms with Crippen molar-refractivity contribution in [3.63, 3.8) is 0 Å². The number of carbonyl (C=O) groups is 4. The lowest BCUT2D eigenvalue weighted by Crippen LogP contribution is -2.60. The van der Waals surface area contributed by atoms with Gasteiger partial charge in [0.2, 0.25) is 17.7 Å². The highest BCUT2D eigenvalue weighted by atomic mass is 16.6. The number of amides is 3. The molecule has 5 rings (SSSR count). The number of fused-ring (bicyclic) bond motifs is 1. The highest BCUT2D eigenvalue weighted by Crippen LogP contribution is 2.59. The number of nitrogens with zero attached hydrogens (tertiary/aromatic N) is 2. The van der Waals surface area contributed by atoms with Crippen molar-refractivity contribution in [3.05, 3.63) is 61.2 Å². The van der Waals surface area contributed by atoms with Crippen molar-refractivity contribution < 1.29 is 38.5 Å². The molecule has 4 fully saturated rings. The Balaban J connectivity index is 1.51. The molecule has 11 nitrogen and oxygen atoms in total. The van der Waals surface area contributed by atoms with E-state index in [-0.39, 0.29) is 49.3 Å². The second-order valence-electron chi connectivity index (χ2n) is 15.1. The smallest absolute Gasteiger partial charge is 0.313 e. The molecule has 0 aromatic heterocycles. The van der Waals surface area contributed by atoms with Gasteiger partial charge in [-0.05, 0) is 50.0 Å². The zero-order valence-corrected chi connectivity index (χ0v) is 30.5. The SMILES string of the molecule is C=CCCC(=O)N[C@@H](COC)[C@@H](OC(=O)[C@@H]1[C@H]2C(=O)N([C@@H](CO)CC(C)C)[C@H](C(=O)N(CC=C)C3CCCCC3)[C@]23CC[C@H]1O3)c1ccccc1. The molecule has 0 radical (unpaired) electrons. The molecule has 8 atom stereocenters. The van der Waals surface area contributed by atoms with Crippen molar-refractivity contribution in [3.8, 4) is 0 Å². The topological polar surface area (TPSA) is 135 Å². The van der Waals surface area contributed by atoms with Crippen LogP contribution in [0.25, 0.3) is 0 Å². The molecule has 2 N–H and O–H groups in total. The van der Waals surface area contributed by atoms with Crippen LogP contribution in [0.3, 0.4) is 0 Å². The third-order valence-corrected chi connectivity index (χ3v) is 11.2. The van der Waals surface area contributed by atoms with Crippen molar-refractivity contribution >= 4 is 23.7 Å². The summed E-state index contributed by atoms with van der Waals surface area (Å²) in [5.74, 6) is -3.23. The van der Waals surface area contributed by atoms with Crippen LogP contribution in [0.5, 0.6) is 0 Å². The first-order valence-corrected chi connectivity index (χ1v) is 18.8. The Hall–Kier alpha value is -3.54. The Labute approximate surface area is 302 Å². The Kier molecular flexibility index (Phi) is 13.1. The molecule has 1 saturated carbocycles. The van der Waals surface area contributed by atoms with Gasteiger partial charge in [0.05, 0.1) is 43.2 Å². The summed E-state index contributed by atoms with van der Waals surface area (Å²) in [6.45, 7) is 11.8. The first-order chi connectivity index (χ1) is 24.6. The lowest BCUT2D eigenvalue weighted by molar-refractivity contribution is -0.163. The molecule has 0 unspecified atom stereocenters. The van der Waals surface area contributed by atoms with Crippen molar-refractivity contribution in [2.45, 2.75) is 120 Å². The van der Waals surface area contributed by atoms with Crippen LogP contribution in [-0.2, 0) is 33.4 Å². The van der Waals surface area contributed by atoms with E-state index in [0.717, 1.165) is 32.1 Å². The van der Waals surface area contributed by atoms with Crippen LogP contribution in [-0.4, -0.2) is 101 Å². The molecule has 2 bridgehead atoms. The summed E-state index contributed by atoms with van der Waals surface area (Å²) in [4.78, 5) is 60.6. The molecular formula is C40H57N3O8. The summed E-state index contributed by atoms with van der Waals surface area (Å²) in [7, 11) is 1.51. The maximum Gasteiger partial charge on any atom is 0.313 e. The van der Waals surface area contributed by atoms with E-state index in [9.17, 15) is 24.3 Å². The first kappa shape index (κ1) is 38.7. The molecule has 1 aromatic rings. The van der Waals surface area contributed by atoms with E-state index < -0.39 is 53.7 Å². The Morgan fingerprint density at radius 3 is 2.47 bits per heavy atom. The van der Waals surface area contributed by atoms with Crippen LogP contribution in [0.4, 0.5) is 0 Å². The van der Waals surface area contributed by atoms with Gasteiger partial charge in [-0.2, -0.15) is 0 Å². The largest absolute Gasteiger partial charge is 0.455 e. The minimum absolute atomic E-state index is 0.0136. The van der Waals surface area contributed by atoms with Crippen LogP contribution in [0, 0.1) is 17.8 Å². The van der Waals surface area contributed by atoms with Crippen LogP contribution < -0.4 is 5.32 Å². The molecule has 3 heterocycles. The molecule has 1 aliphatic carbocycles. The zero-order chi connectivity index (χ0) is 36.7. The number of likely N-dealkylation sites (tertiary alicyclic amines) is 1. The molecule has 4 aliphatic rings. The molecule has 1 spiro atoms. The maximum absolute atomic E-state index is 14.9. The molecule has 3 aliphatic heterocycles. The maximum atomic E-state index is 14.9. The number of aliphatic hydroxyl groups is 1. The van der Waals surface area contributed by atoms with Gasteiger partial charge in [-0.1, -0.05) is 75.6 Å². The van der Waals surface area contributed by atoms with E-state index in [2.05, 4.69) is 18.5 Å². The standard InChI is InChI=1S/C40H57N3O8/c1-6-8-19-32(45)41-30(25-49-5)35(27-15-11-9-12-16-27)50-39(48)33-31-20-21-40(51-31)34(33)37(46)43(29(24-44)23-26(3)4)36(40)38(47)42(22-7-2)28-17-13-10-14-18-28/h6-7,9,11-12,15-16,26,28-31,33-36,44H,1-2,8,10,13-14,17-25H2,3-5H3,(H,41,45)/t29-,30+,31-,33+,34+,35+,36-,40+/m1/s1. The number of methoxy groups -OCH3 is 1. The minimum atomic E-state index is -1.24. The second-order valence-corrected chi connectivity index (χ2v) is 15.1. The zero-order valence-electron chi connectivity index (χ0n) is 30.5. The Bertz CT molecular complexity index is 1400. The number of esters is 1. The summed E-state index contributed by atoms with van der Waals surface area (Å²) >= 11 is 0. The molecule has 1 aromatic carbocycles. The van der Waals surface area contributed by atoms with Crippen molar-refractivity contribution in [1.82, 2.24) is 15.1 Å². The molecule has 3 amide bonds. The number of aliphatic hydroxyl groups excluding tert-OH is 1. The number of rotatable bonds is 18. The summed E-state index contributed by atoms with van der Waals surface area (Å²) in [6.07, 6.45) is 8.86. The van der Waals surface area contributed by atoms with Crippen LogP contribution in [0.15, 0.2) is 55.6 Å². The van der Waals surface area contributed by atoms with Gasteiger partial charge in [0.15, 0.2) is 0 Å². The van der Waals surface area contributed by atoms with Gasteiger partial charge in [-0.15, -0.1) is 13.2 Å². The minimum Gasteiger partial charge on any atom is -0.455 e. The van der Waals surface area contributed by atoms with Crippen LogP contribution in [0.2, 0.25) is 0 Å². The average molecular weight is 708 g/mol. The predicted octanol–water partition coefficient (Wildman–Crippen LogP) is 4.50. The van der Waals surface area contributed by atoms with Gasteiger partial charge >= 0.3 is 5.97 Å². The van der Waals surface area contributed by atoms with Gasteiger partial charge < -0.3 is 34.4 Å². The quantitative estimate of drug-likeness (QED) is 0.168. The predicted molar refractivity (Wildman–Crippen MR) is 192 cm³/mol. The fraction of sp³-hybridized carbons (Fsp3) is 0.650. The molecule has 3 saturated heterocycles. The van der Waals surface area contributed by atoms with Gasteiger partial charge in [-0.3, -0.25) is 19.2 Å². The third-order valence-electron chi connectivity index (χ3n) is 11.2. The Morgan fingerprint density at radius 2 is 1.84 bits per heavy atom. The fourth-order valence-corrected chi connectivity index (χ4v) is 9.08. The molecule has 11 heteroatoms. The van der Waals surface area contributed by atoms with Gasteiger partial charge in [-0.25, -0.2) is 0 Å². The number of hydrogen-bond donors (Lipinski definition) is 2. The second kappa shape index (κ2) is 17.3. The fourth-order valence-electron chi connectivity index (χ4n) is 9.08. The number of carbonyl (C=O) groups excluding carboxylic acids is 4. The monoisotopic (exact) mass is 707 g/mol. The number of allylic oxidation sites excluding steroid dienone is 1. The Morgan fingerprint density at radius 1 is 1.12 bits per heavy atom. The summed E-state index contributed by atoms with van der Waals surface area (Å²) < 4.78 is 18.6. The lowest BCUT2D eigenvalue weighted by Gasteiger charge is -2.42. The van der Waals surface area contributed by atoms with Crippen LogP contribution in [0.1, 0.15) is 89.7 Å². The van der Waals surface area contributed by atoms with E-state index in [1.165, 1.54) is 7.11 Å². The number of nitrogens with one attached hydrogen (secondary N) is 1. The van der Waals surface area contributed by atoms with Gasteiger partial charge in [0, 0.05) is 26.1 Å². The van der Waals surface area contributed by atoms with E-state index in [0.29, 0.717) is 37.8 Å². The van der Waals surface area contributed by atoms with E-state index in [4.69, 9.17) is 14.2 Å². The van der Waals surface area contributed by atoms with Crippen LogP contribution >= 0.6 is 0 Å². The van der Waals surface area contributed by atoms with Crippen molar-refractivity contribution in [2.24, 2.45) is 17.8 Å².